The molecule has 0 saturated carbocycles. The number of carbonyl (C=O) groups is 3. The molecule has 26 heavy (non-hydrogen) atoms. The minimum atomic E-state index is -0.941. The van der Waals surface area contributed by atoms with Gasteiger partial charge in [-0.15, -0.1) is 11.8 Å². The van der Waals surface area contributed by atoms with Gasteiger partial charge in [0.2, 0.25) is 5.91 Å². The number of amides is 2. The van der Waals surface area contributed by atoms with Gasteiger partial charge in [0.15, 0.2) is 0 Å². The van der Waals surface area contributed by atoms with E-state index in [4.69, 9.17) is 5.11 Å². The maximum Gasteiger partial charge on any atom is 0.305 e. The number of benzene rings is 1. The van der Waals surface area contributed by atoms with Crippen molar-refractivity contribution in [2.24, 2.45) is 0 Å². The van der Waals surface area contributed by atoms with E-state index in [0.717, 1.165) is 10.9 Å². The van der Waals surface area contributed by atoms with Crippen molar-refractivity contribution in [3.63, 3.8) is 0 Å². The van der Waals surface area contributed by atoms with Gasteiger partial charge in [-0.3, -0.25) is 14.4 Å². The minimum Gasteiger partial charge on any atom is -0.481 e. The van der Waals surface area contributed by atoms with Gasteiger partial charge in [-0.25, -0.2) is 0 Å². The molecule has 8 heteroatoms. The predicted octanol–water partition coefficient (Wildman–Crippen LogP) is 2.01. The molecule has 3 rings (SSSR count). The first-order valence-corrected chi connectivity index (χ1v) is 9.63. The molecule has 1 fully saturated rings. The van der Waals surface area contributed by atoms with E-state index in [-0.39, 0.29) is 24.8 Å². The van der Waals surface area contributed by atoms with E-state index in [2.05, 4.69) is 4.98 Å². The van der Waals surface area contributed by atoms with Gasteiger partial charge in [-0.05, 0) is 13.0 Å². The molecule has 2 heterocycles. The lowest BCUT2D eigenvalue weighted by Crippen LogP contribution is -2.49. The number of hydrogen-bond donors (Lipinski definition) is 2. The molecule has 2 amide bonds. The molecular formula is C18H21N3O4S. The highest BCUT2D eigenvalue weighted by Gasteiger charge is 2.37. The number of thioether (sulfide) groups is 1. The molecule has 0 spiro atoms. The van der Waals surface area contributed by atoms with Crippen LogP contribution in [-0.4, -0.2) is 68.4 Å². The number of fused-ring (bicyclic) bond motifs is 1. The number of aromatic nitrogens is 1. The van der Waals surface area contributed by atoms with Crippen LogP contribution in [-0.2, 0) is 9.59 Å². The van der Waals surface area contributed by atoms with E-state index in [0.29, 0.717) is 23.7 Å². The smallest absolute Gasteiger partial charge is 0.305 e. The molecule has 1 aliphatic heterocycles. The van der Waals surface area contributed by atoms with Gasteiger partial charge in [-0.2, -0.15) is 0 Å². The van der Waals surface area contributed by atoms with Crippen molar-refractivity contribution in [1.29, 1.82) is 0 Å². The van der Waals surface area contributed by atoms with Crippen molar-refractivity contribution in [2.75, 3.05) is 24.7 Å². The van der Waals surface area contributed by atoms with Crippen LogP contribution in [0.4, 0.5) is 0 Å². The third kappa shape index (κ3) is 3.55. The summed E-state index contributed by atoms with van der Waals surface area (Å²) in [7, 11) is 0. The zero-order chi connectivity index (χ0) is 18.7. The fraction of sp³-hybridized carbons (Fsp3) is 0.389. The lowest BCUT2D eigenvalue weighted by Gasteiger charge is -2.28. The molecule has 2 N–H and O–H groups in total. The molecule has 1 saturated heterocycles. The Morgan fingerprint density at radius 3 is 2.85 bits per heavy atom. The first-order chi connectivity index (χ1) is 12.5. The summed E-state index contributed by atoms with van der Waals surface area (Å²) in [6.45, 7) is 2.39. The number of aliphatic carboxylic acids is 1. The Morgan fingerprint density at radius 1 is 1.35 bits per heavy atom. The number of hydrogen-bond acceptors (Lipinski definition) is 4. The number of rotatable bonds is 6. The van der Waals surface area contributed by atoms with Crippen LogP contribution < -0.4 is 0 Å². The van der Waals surface area contributed by atoms with Crippen LogP contribution in [0.1, 0.15) is 23.7 Å². The minimum absolute atomic E-state index is 0.101. The number of H-pyrrole nitrogens is 1. The van der Waals surface area contributed by atoms with E-state index in [1.807, 2.05) is 31.2 Å². The largest absolute Gasteiger partial charge is 0.481 e. The molecule has 0 bridgehead atoms. The molecule has 1 unspecified atom stereocenters. The number of carbonyl (C=O) groups excluding carboxylic acids is 2. The summed E-state index contributed by atoms with van der Waals surface area (Å²) in [6.07, 6.45) is 1.58. The Kier molecular flexibility index (Phi) is 5.51. The predicted molar refractivity (Wildman–Crippen MR) is 100 cm³/mol. The molecule has 7 nitrogen and oxygen atoms in total. The third-order valence-corrected chi connectivity index (χ3v) is 5.55. The van der Waals surface area contributed by atoms with Crippen LogP contribution in [0.2, 0.25) is 0 Å². The van der Waals surface area contributed by atoms with Crippen molar-refractivity contribution in [2.45, 2.75) is 19.4 Å². The van der Waals surface area contributed by atoms with Crippen LogP contribution in [0.5, 0.6) is 0 Å². The number of para-hydroxylation sites is 1. The lowest BCUT2D eigenvalue weighted by molar-refractivity contribution is -0.139. The number of nitrogens with one attached hydrogen (secondary N) is 1. The summed E-state index contributed by atoms with van der Waals surface area (Å²) in [5.74, 6) is -0.336. The van der Waals surface area contributed by atoms with Crippen LogP contribution in [0.15, 0.2) is 30.5 Å². The van der Waals surface area contributed by atoms with Gasteiger partial charge in [0.25, 0.3) is 5.91 Å². The molecule has 0 radical (unpaired) electrons. The van der Waals surface area contributed by atoms with Crippen molar-refractivity contribution in [3.05, 3.63) is 36.0 Å². The van der Waals surface area contributed by atoms with E-state index < -0.39 is 12.0 Å². The van der Waals surface area contributed by atoms with Crippen molar-refractivity contribution < 1.29 is 19.5 Å². The van der Waals surface area contributed by atoms with E-state index in [9.17, 15) is 14.4 Å². The fourth-order valence-corrected chi connectivity index (χ4v) is 4.26. The Morgan fingerprint density at radius 2 is 2.12 bits per heavy atom. The second-order valence-corrected chi connectivity index (χ2v) is 7.10. The number of nitrogens with zero attached hydrogens (tertiary/aromatic N) is 2. The normalized spacial score (nSPS) is 16.8. The van der Waals surface area contributed by atoms with E-state index in [1.165, 1.54) is 16.7 Å². The Labute approximate surface area is 155 Å². The first kappa shape index (κ1) is 18.3. The molecular weight excluding hydrogens is 354 g/mol. The highest BCUT2D eigenvalue weighted by Crippen LogP contribution is 2.27. The highest BCUT2D eigenvalue weighted by molar-refractivity contribution is 7.99. The second-order valence-electron chi connectivity index (χ2n) is 6.10. The van der Waals surface area contributed by atoms with Crippen molar-refractivity contribution >= 4 is 40.4 Å². The topological polar surface area (TPSA) is 93.7 Å². The van der Waals surface area contributed by atoms with Crippen molar-refractivity contribution in [1.82, 2.24) is 14.8 Å². The maximum atomic E-state index is 13.0. The van der Waals surface area contributed by atoms with Crippen LogP contribution in [0, 0.1) is 0 Å². The highest BCUT2D eigenvalue weighted by atomic mass is 32.2. The van der Waals surface area contributed by atoms with E-state index in [1.54, 1.807) is 11.1 Å². The van der Waals surface area contributed by atoms with Crippen LogP contribution in [0.3, 0.4) is 0 Å². The summed E-state index contributed by atoms with van der Waals surface area (Å²) < 4.78 is 0. The third-order valence-electron chi connectivity index (χ3n) is 4.54. The summed E-state index contributed by atoms with van der Waals surface area (Å²) in [5, 5.41) is 9.69. The second kappa shape index (κ2) is 7.82. The van der Waals surface area contributed by atoms with Gasteiger partial charge < -0.3 is 19.9 Å². The zero-order valence-electron chi connectivity index (χ0n) is 14.5. The van der Waals surface area contributed by atoms with Gasteiger partial charge in [0.05, 0.1) is 17.9 Å². The molecule has 1 aromatic heterocycles. The van der Waals surface area contributed by atoms with Crippen LogP contribution in [0.25, 0.3) is 10.9 Å². The molecule has 0 aliphatic carbocycles. The lowest BCUT2D eigenvalue weighted by atomic mass is 10.1. The standard InChI is InChI=1S/C18H21N3O4S/c1-2-20(8-7-16(22)23)18(25)15-10-26-11-21(15)17(24)13-9-19-14-6-4-3-5-12(13)14/h3-6,9,15,19H,2,7-8,10-11H2,1H3,(H,22,23). The average Bonchev–Trinajstić information content (AvgIpc) is 3.28. The number of carboxylic acid groups (broad SMARTS) is 1. The SMILES string of the molecule is CCN(CCC(=O)O)C(=O)C1CSCN1C(=O)c1c[nH]c2ccccc12. The molecule has 2 aromatic rings. The Hall–Kier alpha value is -2.48. The number of likely N-dealkylation sites (N-methyl/N-ethyl adjacent to an activating group) is 1. The van der Waals surface area contributed by atoms with Gasteiger partial charge in [0.1, 0.15) is 6.04 Å². The molecule has 1 aliphatic rings. The van der Waals surface area contributed by atoms with Crippen molar-refractivity contribution in [3.8, 4) is 0 Å². The van der Waals surface area contributed by atoms with E-state index >= 15 is 0 Å². The van der Waals surface area contributed by atoms with Gasteiger partial charge >= 0.3 is 5.97 Å². The molecule has 1 atom stereocenters. The fourth-order valence-electron chi connectivity index (χ4n) is 3.12. The van der Waals surface area contributed by atoms with Gasteiger partial charge in [0, 0.05) is 35.9 Å². The Balaban J connectivity index is 1.79. The van der Waals surface area contributed by atoms with Gasteiger partial charge in [-0.1, -0.05) is 18.2 Å². The number of carboxylic acids is 1. The van der Waals surface area contributed by atoms with Crippen LogP contribution >= 0.6 is 11.8 Å². The summed E-state index contributed by atoms with van der Waals surface area (Å²) in [5.41, 5.74) is 1.43. The number of aromatic amines is 1. The monoisotopic (exact) mass is 375 g/mol. The first-order valence-electron chi connectivity index (χ1n) is 8.48. The maximum absolute atomic E-state index is 13.0. The quantitative estimate of drug-likeness (QED) is 0.805. The summed E-state index contributed by atoms with van der Waals surface area (Å²) in [6, 6.07) is 6.99. The average molecular weight is 375 g/mol. The molecule has 138 valence electrons. The summed E-state index contributed by atoms with van der Waals surface area (Å²) >= 11 is 1.53. The zero-order valence-corrected chi connectivity index (χ0v) is 15.3. The Bertz CT molecular complexity index is 835. The summed E-state index contributed by atoms with van der Waals surface area (Å²) in [4.78, 5) is 42.9. The molecule has 1 aromatic carbocycles.